The number of carbonyl (C=O) groups is 1. The summed E-state index contributed by atoms with van der Waals surface area (Å²) in [6.45, 7) is 1.60. The second kappa shape index (κ2) is 5.64. The first-order valence-corrected chi connectivity index (χ1v) is 6.48. The van der Waals surface area contributed by atoms with E-state index in [4.69, 9.17) is 9.47 Å². The number of fused-ring (bicyclic) bond motifs is 1. The molecule has 104 valence electrons. The predicted molar refractivity (Wildman–Crippen MR) is 71.7 cm³/mol. The van der Waals surface area contributed by atoms with Crippen LogP contribution in [-0.4, -0.2) is 29.0 Å². The number of hydrogen-bond acceptors (Lipinski definition) is 4. The van der Waals surface area contributed by atoms with Crippen molar-refractivity contribution >= 4 is 5.91 Å². The van der Waals surface area contributed by atoms with Crippen LogP contribution in [0.3, 0.4) is 0 Å². The predicted octanol–water partition coefficient (Wildman–Crippen LogP) is 1.43. The monoisotopic (exact) mass is 273 g/mol. The average Bonchev–Trinajstić information content (AvgIpc) is 3.13. The Kier molecular flexibility index (Phi) is 3.54. The summed E-state index contributed by atoms with van der Waals surface area (Å²) < 4.78 is 12.3. The molecule has 1 amide bonds. The van der Waals surface area contributed by atoms with E-state index in [1.54, 1.807) is 24.4 Å². The molecule has 0 radical (unpaired) electrons. The zero-order chi connectivity index (χ0) is 13.8. The van der Waals surface area contributed by atoms with E-state index in [2.05, 4.69) is 10.4 Å². The summed E-state index contributed by atoms with van der Waals surface area (Å²) in [6.07, 6.45) is 4.48. The van der Waals surface area contributed by atoms with Crippen molar-refractivity contribution in [1.82, 2.24) is 15.1 Å². The zero-order valence-electron chi connectivity index (χ0n) is 10.9. The summed E-state index contributed by atoms with van der Waals surface area (Å²) in [6, 6.07) is 7.06. The van der Waals surface area contributed by atoms with Gasteiger partial charge in [0.1, 0.15) is 0 Å². The number of benzene rings is 1. The first-order chi connectivity index (χ1) is 9.83. The second-order valence-corrected chi connectivity index (χ2v) is 4.45. The van der Waals surface area contributed by atoms with Gasteiger partial charge in [-0.15, -0.1) is 0 Å². The molecule has 2 heterocycles. The highest BCUT2D eigenvalue weighted by molar-refractivity contribution is 5.94. The van der Waals surface area contributed by atoms with Gasteiger partial charge in [-0.05, 0) is 30.7 Å². The van der Waals surface area contributed by atoms with E-state index in [0.29, 0.717) is 23.6 Å². The third kappa shape index (κ3) is 2.74. The fourth-order valence-electron chi connectivity index (χ4n) is 2.02. The van der Waals surface area contributed by atoms with Crippen LogP contribution < -0.4 is 14.8 Å². The molecule has 20 heavy (non-hydrogen) atoms. The van der Waals surface area contributed by atoms with Crippen LogP contribution in [0.25, 0.3) is 0 Å². The number of ether oxygens (including phenoxy) is 2. The Hall–Kier alpha value is -2.50. The molecule has 1 aromatic heterocycles. The average molecular weight is 273 g/mol. The van der Waals surface area contributed by atoms with Crippen molar-refractivity contribution in [2.24, 2.45) is 0 Å². The van der Waals surface area contributed by atoms with Crippen LogP contribution in [0.4, 0.5) is 0 Å². The largest absolute Gasteiger partial charge is 0.454 e. The molecule has 0 unspecified atom stereocenters. The van der Waals surface area contributed by atoms with Crippen molar-refractivity contribution in [3.63, 3.8) is 0 Å². The van der Waals surface area contributed by atoms with Gasteiger partial charge in [0.25, 0.3) is 5.91 Å². The smallest absolute Gasteiger partial charge is 0.251 e. The van der Waals surface area contributed by atoms with E-state index in [1.165, 1.54) is 0 Å². The van der Waals surface area contributed by atoms with Crippen molar-refractivity contribution in [2.45, 2.75) is 13.0 Å². The van der Waals surface area contributed by atoms with Gasteiger partial charge in [-0.2, -0.15) is 5.10 Å². The highest BCUT2D eigenvalue weighted by atomic mass is 16.7. The molecule has 1 aliphatic heterocycles. The molecule has 1 aliphatic rings. The van der Waals surface area contributed by atoms with Crippen molar-refractivity contribution < 1.29 is 14.3 Å². The molecule has 0 bridgehead atoms. The van der Waals surface area contributed by atoms with Crippen molar-refractivity contribution in [1.29, 1.82) is 0 Å². The van der Waals surface area contributed by atoms with Crippen LogP contribution in [0.15, 0.2) is 36.7 Å². The summed E-state index contributed by atoms with van der Waals surface area (Å²) in [5.74, 6) is 1.19. The van der Waals surface area contributed by atoms with Gasteiger partial charge in [-0.25, -0.2) is 0 Å². The Morgan fingerprint density at radius 3 is 3.10 bits per heavy atom. The quantitative estimate of drug-likeness (QED) is 0.837. The SMILES string of the molecule is O=C(NCCCn1cccn1)c1ccc2c(c1)OCO2. The molecule has 0 spiro atoms. The van der Waals surface area contributed by atoms with Gasteiger partial charge < -0.3 is 14.8 Å². The number of nitrogens with zero attached hydrogens (tertiary/aromatic N) is 2. The number of nitrogens with one attached hydrogen (secondary N) is 1. The molecular weight excluding hydrogens is 258 g/mol. The molecule has 0 atom stereocenters. The van der Waals surface area contributed by atoms with Gasteiger partial charge in [-0.1, -0.05) is 0 Å². The molecule has 0 aliphatic carbocycles. The summed E-state index contributed by atoms with van der Waals surface area (Å²) in [5.41, 5.74) is 0.577. The van der Waals surface area contributed by atoms with Gasteiger partial charge in [-0.3, -0.25) is 9.48 Å². The molecule has 1 aromatic carbocycles. The molecule has 6 nitrogen and oxygen atoms in total. The minimum Gasteiger partial charge on any atom is -0.454 e. The lowest BCUT2D eigenvalue weighted by Gasteiger charge is -2.06. The number of aromatic nitrogens is 2. The highest BCUT2D eigenvalue weighted by Crippen LogP contribution is 2.32. The normalized spacial score (nSPS) is 12.4. The molecular formula is C14H15N3O3. The van der Waals surface area contributed by atoms with Crippen LogP contribution >= 0.6 is 0 Å². The van der Waals surface area contributed by atoms with E-state index < -0.39 is 0 Å². The van der Waals surface area contributed by atoms with E-state index in [0.717, 1.165) is 13.0 Å². The lowest BCUT2D eigenvalue weighted by atomic mass is 10.2. The van der Waals surface area contributed by atoms with Gasteiger partial charge in [0.05, 0.1) is 0 Å². The van der Waals surface area contributed by atoms with Gasteiger partial charge in [0.2, 0.25) is 6.79 Å². The zero-order valence-corrected chi connectivity index (χ0v) is 10.9. The molecule has 6 heteroatoms. The third-order valence-electron chi connectivity index (χ3n) is 3.04. The summed E-state index contributed by atoms with van der Waals surface area (Å²) >= 11 is 0. The van der Waals surface area contributed by atoms with Crippen molar-refractivity contribution in [3.8, 4) is 11.5 Å². The third-order valence-corrected chi connectivity index (χ3v) is 3.04. The van der Waals surface area contributed by atoms with Crippen LogP contribution in [0, 0.1) is 0 Å². The molecule has 0 saturated carbocycles. The molecule has 2 aromatic rings. The number of carbonyl (C=O) groups excluding carboxylic acids is 1. The number of amides is 1. The number of hydrogen-bond donors (Lipinski definition) is 1. The van der Waals surface area contributed by atoms with Gasteiger partial charge in [0.15, 0.2) is 11.5 Å². The van der Waals surface area contributed by atoms with Crippen molar-refractivity contribution in [2.75, 3.05) is 13.3 Å². The van der Waals surface area contributed by atoms with Crippen molar-refractivity contribution in [3.05, 3.63) is 42.2 Å². The maximum atomic E-state index is 12.0. The molecule has 1 N–H and O–H groups in total. The van der Waals surface area contributed by atoms with E-state index in [-0.39, 0.29) is 12.7 Å². The van der Waals surface area contributed by atoms with E-state index >= 15 is 0 Å². The summed E-state index contributed by atoms with van der Waals surface area (Å²) in [4.78, 5) is 12.0. The lowest BCUT2D eigenvalue weighted by molar-refractivity contribution is 0.0952. The minimum atomic E-state index is -0.108. The van der Waals surface area contributed by atoms with Crippen LogP contribution in [-0.2, 0) is 6.54 Å². The topological polar surface area (TPSA) is 65.4 Å². The van der Waals surface area contributed by atoms with Gasteiger partial charge >= 0.3 is 0 Å². The fraction of sp³-hybridized carbons (Fsp3) is 0.286. The Labute approximate surface area is 116 Å². The Balaban J connectivity index is 1.49. The molecule has 3 rings (SSSR count). The van der Waals surface area contributed by atoms with E-state index in [9.17, 15) is 4.79 Å². The Morgan fingerprint density at radius 1 is 1.35 bits per heavy atom. The maximum absolute atomic E-state index is 12.0. The summed E-state index contributed by atoms with van der Waals surface area (Å²) in [7, 11) is 0. The fourth-order valence-corrected chi connectivity index (χ4v) is 2.02. The summed E-state index contributed by atoms with van der Waals surface area (Å²) in [5, 5.41) is 6.98. The number of rotatable bonds is 5. The Bertz CT molecular complexity index is 596. The Morgan fingerprint density at radius 2 is 2.25 bits per heavy atom. The molecule has 0 fully saturated rings. The number of aryl methyl sites for hydroxylation is 1. The second-order valence-electron chi connectivity index (χ2n) is 4.45. The minimum absolute atomic E-state index is 0.108. The highest BCUT2D eigenvalue weighted by Gasteiger charge is 2.15. The van der Waals surface area contributed by atoms with Crippen LogP contribution in [0.2, 0.25) is 0 Å². The van der Waals surface area contributed by atoms with Crippen LogP contribution in [0.1, 0.15) is 16.8 Å². The standard InChI is InChI=1S/C14H15N3O3/c18-14(15-5-1-7-17-8-2-6-16-17)11-3-4-12-13(9-11)20-10-19-12/h2-4,6,8-9H,1,5,7,10H2,(H,15,18). The first-order valence-electron chi connectivity index (χ1n) is 6.48. The van der Waals surface area contributed by atoms with Crippen LogP contribution in [0.5, 0.6) is 11.5 Å². The molecule has 0 saturated heterocycles. The maximum Gasteiger partial charge on any atom is 0.251 e. The first kappa shape index (κ1) is 12.5. The lowest BCUT2D eigenvalue weighted by Crippen LogP contribution is -2.25. The van der Waals surface area contributed by atoms with E-state index in [1.807, 2.05) is 16.9 Å². The van der Waals surface area contributed by atoms with Gasteiger partial charge in [0, 0.05) is 31.0 Å².